The monoisotopic (exact) mass is 463 g/mol. The van der Waals surface area contributed by atoms with Gasteiger partial charge < -0.3 is 9.64 Å². The molecule has 0 aliphatic carbocycles. The van der Waals surface area contributed by atoms with Gasteiger partial charge in [-0.3, -0.25) is 10.0 Å². The van der Waals surface area contributed by atoms with Crippen molar-refractivity contribution in [1.82, 2.24) is 10.2 Å². The van der Waals surface area contributed by atoms with E-state index in [1.165, 1.54) is 25.3 Å². The number of allylic oxidation sites excluding steroid dienone is 4. The van der Waals surface area contributed by atoms with Crippen molar-refractivity contribution in [3.63, 3.8) is 0 Å². The third kappa shape index (κ3) is 7.08. The molecule has 0 spiro atoms. The third-order valence-electron chi connectivity index (χ3n) is 4.42. The minimum absolute atomic E-state index is 0.241. The summed E-state index contributed by atoms with van der Waals surface area (Å²) in [4.78, 5) is 1.10. The van der Waals surface area contributed by atoms with Crippen molar-refractivity contribution >= 4 is 15.7 Å². The Bertz CT molecular complexity index is 959. The number of methoxy groups -OCH3 is 1. The summed E-state index contributed by atoms with van der Waals surface area (Å²) in [5, 5.41) is 3.05. The van der Waals surface area contributed by atoms with Crippen molar-refractivity contribution in [2.45, 2.75) is 25.3 Å². The SMILES string of the molecule is C=CCC1=CC=C(C(F)(F)F)N(Cc2ccc(NS(C)(=O)=O)c(F)c2)C1NCCOC. The van der Waals surface area contributed by atoms with Crippen molar-refractivity contribution in [3.05, 3.63) is 65.7 Å². The van der Waals surface area contributed by atoms with Gasteiger partial charge in [-0.25, -0.2) is 12.8 Å². The molecule has 0 saturated heterocycles. The Morgan fingerprint density at radius 1 is 1.29 bits per heavy atom. The number of hydrogen-bond acceptors (Lipinski definition) is 5. The number of alkyl halides is 3. The molecule has 0 fully saturated rings. The molecule has 2 rings (SSSR count). The van der Waals surface area contributed by atoms with E-state index >= 15 is 0 Å². The van der Waals surface area contributed by atoms with Crippen LogP contribution in [0.15, 0.2) is 54.3 Å². The first-order chi connectivity index (χ1) is 14.5. The molecule has 1 aromatic carbocycles. The van der Waals surface area contributed by atoms with Gasteiger partial charge in [0.15, 0.2) is 0 Å². The van der Waals surface area contributed by atoms with Crippen LogP contribution in [-0.4, -0.2) is 52.2 Å². The Labute approximate surface area is 179 Å². The maximum atomic E-state index is 14.4. The lowest BCUT2D eigenvalue weighted by atomic mass is 10.0. The summed E-state index contributed by atoms with van der Waals surface area (Å²) in [5.41, 5.74) is -0.257. The van der Waals surface area contributed by atoms with Gasteiger partial charge in [-0.05, 0) is 35.8 Å². The van der Waals surface area contributed by atoms with Gasteiger partial charge in [-0.1, -0.05) is 18.2 Å². The van der Waals surface area contributed by atoms with E-state index in [4.69, 9.17) is 4.74 Å². The van der Waals surface area contributed by atoms with Crippen LogP contribution in [0.3, 0.4) is 0 Å². The molecule has 0 amide bonds. The summed E-state index contributed by atoms with van der Waals surface area (Å²) in [6, 6.07) is 3.57. The molecule has 0 radical (unpaired) electrons. The number of halogens is 4. The number of rotatable bonds is 10. The van der Waals surface area contributed by atoms with Crippen molar-refractivity contribution in [3.8, 4) is 0 Å². The quantitative estimate of drug-likeness (QED) is 0.316. The molecule has 1 aliphatic rings. The highest BCUT2D eigenvalue weighted by molar-refractivity contribution is 7.92. The second-order valence-corrected chi connectivity index (χ2v) is 8.70. The summed E-state index contributed by atoms with van der Waals surface area (Å²) in [6.07, 6.45) is -0.228. The van der Waals surface area contributed by atoms with E-state index in [0.717, 1.165) is 23.3 Å². The van der Waals surface area contributed by atoms with Gasteiger partial charge in [0.25, 0.3) is 0 Å². The fraction of sp³-hybridized carbons (Fsp3) is 0.400. The topological polar surface area (TPSA) is 70.7 Å². The summed E-state index contributed by atoms with van der Waals surface area (Å²) >= 11 is 0. The van der Waals surface area contributed by atoms with E-state index < -0.39 is 33.9 Å². The van der Waals surface area contributed by atoms with Gasteiger partial charge in [0, 0.05) is 20.2 Å². The number of nitrogens with zero attached hydrogens (tertiary/aromatic N) is 1. The van der Waals surface area contributed by atoms with Crippen LogP contribution in [0.1, 0.15) is 12.0 Å². The van der Waals surface area contributed by atoms with E-state index in [1.807, 2.05) is 4.72 Å². The molecule has 11 heteroatoms. The molecule has 172 valence electrons. The zero-order chi connectivity index (χ0) is 23.2. The zero-order valence-electron chi connectivity index (χ0n) is 17.2. The average Bonchev–Trinajstić information content (AvgIpc) is 2.64. The molecular weight excluding hydrogens is 438 g/mol. The van der Waals surface area contributed by atoms with Gasteiger partial charge in [-0.15, -0.1) is 6.58 Å². The van der Waals surface area contributed by atoms with Crippen molar-refractivity contribution in [2.75, 3.05) is 31.2 Å². The smallest absolute Gasteiger partial charge is 0.383 e. The highest BCUT2D eigenvalue weighted by Crippen LogP contribution is 2.36. The van der Waals surface area contributed by atoms with Crippen molar-refractivity contribution in [2.24, 2.45) is 0 Å². The fourth-order valence-corrected chi connectivity index (χ4v) is 3.73. The molecule has 0 aromatic heterocycles. The van der Waals surface area contributed by atoms with E-state index in [-0.39, 0.29) is 24.4 Å². The van der Waals surface area contributed by atoms with E-state index in [2.05, 4.69) is 11.9 Å². The molecule has 1 atom stereocenters. The zero-order valence-corrected chi connectivity index (χ0v) is 18.0. The minimum atomic E-state index is -4.63. The lowest BCUT2D eigenvalue weighted by Gasteiger charge is -2.40. The Kier molecular flexibility index (Phi) is 8.27. The highest BCUT2D eigenvalue weighted by atomic mass is 32.2. The van der Waals surface area contributed by atoms with Crippen molar-refractivity contribution in [1.29, 1.82) is 0 Å². The summed E-state index contributed by atoms with van der Waals surface area (Å²) < 4.78 is 85.2. The van der Waals surface area contributed by atoms with Gasteiger partial charge in [-0.2, -0.15) is 13.2 Å². The normalized spacial score (nSPS) is 17.2. The maximum absolute atomic E-state index is 14.4. The largest absolute Gasteiger partial charge is 0.431 e. The molecule has 0 saturated carbocycles. The van der Waals surface area contributed by atoms with Crippen LogP contribution in [0.5, 0.6) is 0 Å². The standard InChI is InChI=1S/C20H25F4N3O3S/c1-4-5-15-7-9-18(20(22,23)24)27(19(15)25-10-11-30-2)13-14-6-8-17(16(21)12-14)26-31(3,28)29/h4,6-9,12,19,25-26H,1,5,10-11,13H2,2-3H3. The Morgan fingerprint density at radius 2 is 2.00 bits per heavy atom. The Morgan fingerprint density at radius 3 is 2.55 bits per heavy atom. The third-order valence-corrected chi connectivity index (χ3v) is 5.01. The van der Waals surface area contributed by atoms with Gasteiger partial charge in [0.05, 0.1) is 18.6 Å². The summed E-state index contributed by atoms with van der Waals surface area (Å²) in [7, 11) is -2.22. The lowest BCUT2D eigenvalue weighted by Crippen LogP contribution is -2.50. The number of sulfonamides is 1. The first-order valence-electron chi connectivity index (χ1n) is 9.30. The fourth-order valence-electron chi connectivity index (χ4n) is 3.17. The van der Waals surface area contributed by atoms with Crippen LogP contribution in [-0.2, 0) is 21.3 Å². The second-order valence-electron chi connectivity index (χ2n) is 6.95. The molecule has 6 nitrogen and oxygen atoms in total. The molecule has 0 bridgehead atoms. The van der Waals surface area contributed by atoms with E-state index in [1.54, 1.807) is 6.08 Å². The maximum Gasteiger partial charge on any atom is 0.431 e. The van der Waals surface area contributed by atoms with Crippen LogP contribution < -0.4 is 10.0 Å². The molecule has 2 N–H and O–H groups in total. The lowest BCUT2D eigenvalue weighted by molar-refractivity contribution is -0.116. The molecule has 1 aliphatic heterocycles. The number of anilines is 1. The van der Waals surface area contributed by atoms with Crippen LogP contribution in [0.2, 0.25) is 0 Å². The first kappa shape index (κ1) is 24.9. The number of benzene rings is 1. The van der Waals surface area contributed by atoms with Crippen molar-refractivity contribution < 1.29 is 30.7 Å². The first-order valence-corrected chi connectivity index (χ1v) is 11.2. The number of nitrogens with one attached hydrogen (secondary N) is 2. The van der Waals surface area contributed by atoms with Crippen LogP contribution in [0.25, 0.3) is 0 Å². The Hall–Kier alpha value is -2.37. The summed E-state index contributed by atoms with van der Waals surface area (Å²) in [5.74, 6) is -0.886. The number of ether oxygens (including phenoxy) is 1. The van der Waals surface area contributed by atoms with E-state index in [0.29, 0.717) is 18.5 Å². The van der Waals surface area contributed by atoms with Gasteiger partial charge in [0.1, 0.15) is 17.7 Å². The number of hydrogen-bond donors (Lipinski definition) is 2. The Balaban J connectivity index is 2.39. The van der Waals surface area contributed by atoms with Crippen LogP contribution in [0, 0.1) is 5.82 Å². The molecule has 31 heavy (non-hydrogen) atoms. The predicted octanol–water partition coefficient (Wildman–Crippen LogP) is 3.52. The average molecular weight is 463 g/mol. The summed E-state index contributed by atoms with van der Waals surface area (Å²) in [6.45, 7) is 3.97. The molecule has 1 aromatic rings. The molecular formula is C20H25F4N3O3S. The molecule has 1 unspecified atom stereocenters. The highest BCUT2D eigenvalue weighted by Gasteiger charge is 2.42. The van der Waals surface area contributed by atoms with E-state index in [9.17, 15) is 26.0 Å². The minimum Gasteiger partial charge on any atom is -0.383 e. The predicted molar refractivity (Wildman–Crippen MR) is 111 cm³/mol. The second kappa shape index (κ2) is 10.3. The van der Waals surface area contributed by atoms with Crippen LogP contribution >= 0.6 is 0 Å². The van der Waals surface area contributed by atoms with Gasteiger partial charge in [0.2, 0.25) is 10.0 Å². The van der Waals surface area contributed by atoms with Gasteiger partial charge >= 0.3 is 6.18 Å². The van der Waals surface area contributed by atoms with Crippen LogP contribution in [0.4, 0.5) is 23.2 Å². The molecule has 1 heterocycles.